The predicted octanol–water partition coefficient (Wildman–Crippen LogP) is 5.30. The number of piperazine rings is 1. The van der Waals surface area contributed by atoms with Gasteiger partial charge in [0.1, 0.15) is 0 Å². The van der Waals surface area contributed by atoms with E-state index in [4.69, 9.17) is 16.3 Å². The lowest BCUT2D eigenvalue weighted by atomic mass is 9.96. The lowest BCUT2D eigenvalue weighted by molar-refractivity contribution is 0.119. The first-order valence-electron chi connectivity index (χ1n) is 11.4. The third-order valence-corrected chi connectivity index (χ3v) is 6.05. The zero-order valence-corrected chi connectivity index (χ0v) is 19.7. The van der Waals surface area contributed by atoms with Gasteiger partial charge in [-0.3, -0.25) is 15.1 Å². The van der Waals surface area contributed by atoms with Crippen LogP contribution in [0.15, 0.2) is 84.9 Å². The molecule has 174 valence electrons. The van der Waals surface area contributed by atoms with Crippen LogP contribution in [0.2, 0.25) is 5.02 Å². The molecule has 6 heteroatoms. The third kappa shape index (κ3) is 6.85. The molecule has 0 spiro atoms. The summed E-state index contributed by atoms with van der Waals surface area (Å²) in [6.45, 7) is 4.55. The number of carbonyl (C=O) groups excluding carboxylic acids is 1. The zero-order chi connectivity index (χ0) is 23.6. The SMILES string of the molecule is O=C(Nc1ccc(Cl)cc1)OCC#CCN1CCN(C(c2ccccc2)c2ccccc2)CC1. The number of hydrogen-bond acceptors (Lipinski definition) is 4. The molecule has 1 heterocycles. The Labute approximate surface area is 206 Å². The van der Waals surface area contributed by atoms with Gasteiger partial charge < -0.3 is 4.74 Å². The van der Waals surface area contributed by atoms with Crippen molar-refractivity contribution < 1.29 is 9.53 Å². The lowest BCUT2D eigenvalue weighted by Crippen LogP contribution is -2.47. The van der Waals surface area contributed by atoms with E-state index in [9.17, 15) is 4.79 Å². The molecule has 4 rings (SSSR count). The Kier molecular flexibility index (Phi) is 8.59. The summed E-state index contributed by atoms with van der Waals surface area (Å²) in [6, 6.07) is 28.5. The van der Waals surface area contributed by atoms with Gasteiger partial charge in [0.15, 0.2) is 6.61 Å². The molecule has 3 aromatic rings. The van der Waals surface area contributed by atoms with Crippen molar-refractivity contribution in [3.63, 3.8) is 0 Å². The molecule has 0 saturated carbocycles. The number of ether oxygens (including phenoxy) is 1. The molecule has 1 fully saturated rings. The summed E-state index contributed by atoms with van der Waals surface area (Å²) in [7, 11) is 0. The number of halogens is 1. The molecule has 0 aromatic heterocycles. The van der Waals surface area contributed by atoms with E-state index in [0.717, 1.165) is 26.2 Å². The molecule has 3 aromatic carbocycles. The molecule has 0 radical (unpaired) electrons. The molecule has 1 N–H and O–H groups in total. The third-order valence-electron chi connectivity index (χ3n) is 5.80. The molecule has 1 saturated heterocycles. The summed E-state index contributed by atoms with van der Waals surface area (Å²) in [6.07, 6.45) is -0.530. The van der Waals surface area contributed by atoms with Gasteiger partial charge >= 0.3 is 6.09 Å². The van der Waals surface area contributed by atoms with Crippen molar-refractivity contribution in [2.75, 3.05) is 44.6 Å². The summed E-state index contributed by atoms with van der Waals surface area (Å²) in [4.78, 5) is 16.7. The van der Waals surface area contributed by atoms with Crippen LogP contribution < -0.4 is 5.32 Å². The molecule has 5 nitrogen and oxygen atoms in total. The van der Waals surface area contributed by atoms with Crippen LogP contribution >= 0.6 is 11.6 Å². The summed E-state index contributed by atoms with van der Waals surface area (Å²) < 4.78 is 5.13. The number of carbonyl (C=O) groups is 1. The Balaban J connectivity index is 1.23. The Bertz CT molecular complexity index is 1060. The van der Waals surface area contributed by atoms with Gasteiger partial charge in [-0.05, 0) is 35.4 Å². The van der Waals surface area contributed by atoms with Crippen molar-refractivity contribution >= 4 is 23.4 Å². The van der Waals surface area contributed by atoms with Crippen LogP contribution in [-0.2, 0) is 4.74 Å². The molecule has 1 aliphatic heterocycles. The van der Waals surface area contributed by atoms with Gasteiger partial charge in [-0.1, -0.05) is 84.1 Å². The molecule has 1 aliphatic rings. The fourth-order valence-electron chi connectivity index (χ4n) is 4.07. The average Bonchev–Trinajstić information content (AvgIpc) is 2.88. The van der Waals surface area contributed by atoms with Gasteiger partial charge in [0.2, 0.25) is 0 Å². The van der Waals surface area contributed by atoms with E-state index in [1.807, 2.05) is 0 Å². The molecule has 34 heavy (non-hydrogen) atoms. The second kappa shape index (κ2) is 12.2. The van der Waals surface area contributed by atoms with Crippen molar-refractivity contribution in [1.82, 2.24) is 9.80 Å². The predicted molar refractivity (Wildman–Crippen MR) is 137 cm³/mol. The standard InChI is InChI=1S/C28H28ClN3O2/c29-25-13-15-26(16-14-25)30-28(33)34-22-8-7-17-31-18-20-32(21-19-31)27(23-9-3-1-4-10-23)24-11-5-2-6-12-24/h1-6,9-16,27H,17-22H2,(H,30,33). The fourth-order valence-corrected chi connectivity index (χ4v) is 4.20. The average molecular weight is 474 g/mol. The Hall–Kier alpha value is -3.30. The van der Waals surface area contributed by atoms with Gasteiger partial charge in [-0.25, -0.2) is 4.79 Å². The van der Waals surface area contributed by atoms with Crippen LogP contribution in [0.4, 0.5) is 10.5 Å². The van der Waals surface area contributed by atoms with Crippen LogP contribution in [0.3, 0.4) is 0 Å². The van der Waals surface area contributed by atoms with E-state index >= 15 is 0 Å². The number of rotatable bonds is 6. The first kappa shape index (κ1) is 23.8. The summed E-state index contributed by atoms with van der Waals surface area (Å²) in [5.41, 5.74) is 3.26. The largest absolute Gasteiger partial charge is 0.436 e. The Morgan fingerprint density at radius 3 is 2.03 bits per heavy atom. The summed E-state index contributed by atoms with van der Waals surface area (Å²) in [5, 5.41) is 3.26. The maximum Gasteiger partial charge on any atom is 0.412 e. The van der Waals surface area contributed by atoms with E-state index in [1.54, 1.807) is 24.3 Å². The van der Waals surface area contributed by atoms with Crippen molar-refractivity contribution in [2.24, 2.45) is 0 Å². The first-order chi connectivity index (χ1) is 16.7. The molecule has 0 unspecified atom stereocenters. The molecule has 1 amide bonds. The van der Waals surface area contributed by atoms with Crippen LogP contribution in [0.5, 0.6) is 0 Å². The highest BCUT2D eigenvalue weighted by Gasteiger charge is 2.25. The Morgan fingerprint density at radius 1 is 0.853 bits per heavy atom. The summed E-state index contributed by atoms with van der Waals surface area (Å²) >= 11 is 5.84. The van der Waals surface area contributed by atoms with Crippen LogP contribution in [0.1, 0.15) is 17.2 Å². The second-order valence-corrected chi connectivity index (χ2v) is 8.53. The number of hydrogen-bond donors (Lipinski definition) is 1. The van der Waals surface area contributed by atoms with Gasteiger partial charge in [0.05, 0.1) is 12.6 Å². The quantitative estimate of drug-likeness (QED) is 0.493. The highest BCUT2D eigenvalue weighted by atomic mass is 35.5. The van der Waals surface area contributed by atoms with Crippen molar-refractivity contribution in [3.05, 3.63) is 101 Å². The number of amides is 1. The topological polar surface area (TPSA) is 44.8 Å². The first-order valence-corrected chi connectivity index (χ1v) is 11.8. The van der Waals surface area contributed by atoms with Gasteiger partial charge in [0.25, 0.3) is 0 Å². The molecule has 0 bridgehead atoms. The van der Waals surface area contributed by atoms with Gasteiger partial charge in [-0.15, -0.1) is 0 Å². The maximum absolute atomic E-state index is 11.8. The monoisotopic (exact) mass is 473 g/mol. The van der Waals surface area contributed by atoms with E-state index in [-0.39, 0.29) is 12.6 Å². The smallest absolute Gasteiger partial charge is 0.412 e. The highest BCUT2D eigenvalue weighted by molar-refractivity contribution is 6.30. The van der Waals surface area contributed by atoms with Crippen molar-refractivity contribution in [3.8, 4) is 11.8 Å². The van der Waals surface area contributed by atoms with Gasteiger partial charge in [-0.2, -0.15) is 0 Å². The highest BCUT2D eigenvalue weighted by Crippen LogP contribution is 2.29. The normalized spacial score (nSPS) is 14.3. The number of nitrogens with zero attached hydrogens (tertiary/aromatic N) is 2. The van der Waals surface area contributed by atoms with Crippen molar-refractivity contribution in [1.29, 1.82) is 0 Å². The summed E-state index contributed by atoms with van der Waals surface area (Å²) in [5.74, 6) is 6.06. The van der Waals surface area contributed by atoms with Gasteiger partial charge in [0, 0.05) is 36.9 Å². The van der Waals surface area contributed by atoms with Crippen LogP contribution in [0, 0.1) is 11.8 Å². The molecular formula is C28H28ClN3O2. The van der Waals surface area contributed by atoms with E-state index in [1.165, 1.54) is 11.1 Å². The maximum atomic E-state index is 11.8. The van der Waals surface area contributed by atoms with Crippen LogP contribution in [0.25, 0.3) is 0 Å². The van der Waals surface area contributed by atoms with Crippen LogP contribution in [-0.4, -0.2) is 55.2 Å². The number of nitrogens with one attached hydrogen (secondary N) is 1. The zero-order valence-electron chi connectivity index (χ0n) is 19.0. The van der Waals surface area contributed by atoms with E-state index < -0.39 is 6.09 Å². The van der Waals surface area contributed by atoms with E-state index in [2.05, 4.69) is 87.6 Å². The van der Waals surface area contributed by atoms with Crippen molar-refractivity contribution in [2.45, 2.75) is 6.04 Å². The lowest BCUT2D eigenvalue weighted by Gasteiger charge is -2.39. The number of benzene rings is 3. The minimum absolute atomic E-state index is 0.0590. The fraction of sp³-hybridized carbons (Fsp3) is 0.250. The molecule has 0 atom stereocenters. The second-order valence-electron chi connectivity index (χ2n) is 8.10. The minimum atomic E-state index is -0.530. The Morgan fingerprint density at radius 2 is 1.44 bits per heavy atom. The minimum Gasteiger partial charge on any atom is -0.436 e. The van der Waals surface area contributed by atoms with E-state index in [0.29, 0.717) is 17.3 Å². The molecular weight excluding hydrogens is 446 g/mol. The number of anilines is 1. The molecule has 0 aliphatic carbocycles.